The molecule has 2 aliphatic rings. The van der Waals surface area contributed by atoms with Crippen molar-refractivity contribution < 1.29 is 4.74 Å². The minimum atomic E-state index is 0.568. The summed E-state index contributed by atoms with van der Waals surface area (Å²) in [4.78, 5) is 19.2. The van der Waals surface area contributed by atoms with E-state index in [1.807, 2.05) is 12.4 Å². The Labute approximate surface area is 190 Å². The van der Waals surface area contributed by atoms with Crippen molar-refractivity contribution in [1.82, 2.24) is 19.9 Å². The van der Waals surface area contributed by atoms with Crippen LogP contribution in [-0.4, -0.2) is 59.7 Å². The van der Waals surface area contributed by atoms with Crippen molar-refractivity contribution in [2.45, 2.75) is 38.1 Å². The summed E-state index contributed by atoms with van der Waals surface area (Å²) in [5.74, 6) is 3.24. The molecule has 6 nitrogen and oxygen atoms in total. The lowest BCUT2D eigenvalue weighted by Crippen LogP contribution is -2.38. The van der Waals surface area contributed by atoms with Crippen molar-refractivity contribution in [2.24, 2.45) is 5.92 Å². The zero-order valence-electron chi connectivity index (χ0n) is 19.0. The van der Waals surface area contributed by atoms with Gasteiger partial charge in [-0.25, -0.2) is 9.97 Å². The normalized spacial score (nSPS) is 20.7. The molecule has 2 saturated heterocycles. The predicted octanol–water partition coefficient (Wildman–Crippen LogP) is 4.27. The lowest BCUT2D eigenvalue weighted by atomic mass is 9.90. The predicted molar refractivity (Wildman–Crippen MR) is 128 cm³/mol. The maximum Gasteiger partial charge on any atom is 0.145 e. The Morgan fingerprint density at radius 3 is 2.59 bits per heavy atom. The Bertz CT molecular complexity index is 1020. The van der Waals surface area contributed by atoms with Crippen molar-refractivity contribution in [3.8, 4) is 0 Å². The number of ether oxygens (including phenoxy) is 1. The number of anilines is 1. The third-order valence-corrected chi connectivity index (χ3v) is 6.98. The van der Waals surface area contributed by atoms with Gasteiger partial charge in [0.15, 0.2) is 0 Å². The molecule has 0 aliphatic carbocycles. The number of rotatable bonds is 6. The Balaban J connectivity index is 1.33. The highest BCUT2D eigenvalue weighted by atomic mass is 16.5. The fourth-order valence-electron chi connectivity index (χ4n) is 5.31. The van der Waals surface area contributed by atoms with E-state index in [9.17, 15) is 0 Å². The van der Waals surface area contributed by atoms with Crippen molar-refractivity contribution in [3.63, 3.8) is 0 Å². The number of hydrogen-bond donors (Lipinski definition) is 0. The average Bonchev–Trinajstić information content (AvgIpc) is 2.85. The summed E-state index contributed by atoms with van der Waals surface area (Å²) in [5.41, 5.74) is 2.47. The minimum Gasteiger partial charge on any atom is -0.384 e. The highest BCUT2D eigenvalue weighted by Gasteiger charge is 2.25. The van der Waals surface area contributed by atoms with Crippen LogP contribution in [0.2, 0.25) is 0 Å². The van der Waals surface area contributed by atoms with Crippen molar-refractivity contribution >= 4 is 16.7 Å². The molecule has 1 aromatic carbocycles. The second-order valence-electron chi connectivity index (χ2n) is 9.22. The molecule has 2 aliphatic heterocycles. The molecule has 2 aromatic heterocycles. The highest BCUT2D eigenvalue weighted by Crippen LogP contribution is 2.30. The molecule has 1 atom stereocenters. The van der Waals surface area contributed by atoms with Crippen LogP contribution in [0.3, 0.4) is 0 Å². The molecule has 0 amide bonds. The van der Waals surface area contributed by atoms with Crippen LogP contribution in [0.15, 0.2) is 48.8 Å². The molecule has 4 heterocycles. The van der Waals surface area contributed by atoms with Crippen LogP contribution in [0.5, 0.6) is 0 Å². The molecular formula is C26H33N5O. The molecule has 0 bridgehead atoms. The van der Waals surface area contributed by atoms with Gasteiger partial charge in [-0.15, -0.1) is 0 Å². The zero-order valence-corrected chi connectivity index (χ0v) is 19.0. The van der Waals surface area contributed by atoms with Crippen LogP contribution >= 0.6 is 0 Å². The monoisotopic (exact) mass is 431 g/mol. The Morgan fingerprint density at radius 1 is 0.969 bits per heavy atom. The molecule has 6 heteroatoms. The van der Waals surface area contributed by atoms with Gasteiger partial charge in [-0.1, -0.05) is 12.1 Å². The van der Waals surface area contributed by atoms with E-state index in [-0.39, 0.29) is 0 Å². The molecular weight excluding hydrogens is 398 g/mol. The summed E-state index contributed by atoms with van der Waals surface area (Å²) in [6.45, 7) is 5.86. The topological polar surface area (TPSA) is 54.4 Å². The third-order valence-electron chi connectivity index (χ3n) is 6.98. The van der Waals surface area contributed by atoms with Crippen LogP contribution in [0.1, 0.15) is 43.0 Å². The van der Waals surface area contributed by atoms with Crippen molar-refractivity contribution in [3.05, 3.63) is 60.2 Å². The van der Waals surface area contributed by atoms with Crippen LogP contribution < -0.4 is 4.90 Å². The maximum absolute atomic E-state index is 5.45. The number of para-hydroxylation sites is 1. The lowest BCUT2D eigenvalue weighted by Gasteiger charge is -2.34. The van der Waals surface area contributed by atoms with Crippen LogP contribution in [-0.2, 0) is 11.3 Å². The first kappa shape index (κ1) is 21.3. The third kappa shape index (κ3) is 4.76. The summed E-state index contributed by atoms with van der Waals surface area (Å²) >= 11 is 0. The molecule has 3 aromatic rings. The van der Waals surface area contributed by atoms with Crippen LogP contribution in [0, 0.1) is 5.92 Å². The van der Waals surface area contributed by atoms with E-state index in [4.69, 9.17) is 14.7 Å². The van der Waals surface area contributed by atoms with Gasteiger partial charge in [-0.2, -0.15) is 0 Å². The molecule has 32 heavy (non-hydrogen) atoms. The zero-order chi connectivity index (χ0) is 21.8. The van der Waals surface area contributed by atoms with Gasteiger partial charge in [-0.3, -0.25) is 9.88 Å². The molecule has 5 rings (SSSR count). The number of likely N-dealkylation sites (tertiary alicyclic amines) is 1. The molecule has 0 spiro atoms. The molecule has 168 valence electrons. The van der Waals surface area contributed by atoms with E-state index >= 15 is 0 Å². The molecule has 0 saturated carbocycles. The fourth-order valence-corrected chi connectivity index (χ4v) is 5.31. The second kappa shape index (κ2) is 9.92. The standard InChI is InChI=1S/C26H33N5O/c1-32-19-20-5-4-14-31(17-20)26-23-6-2-3-7-24(23)28-25(29-26)18-30-15-10-22(11-16-30)21-8-12-27-13-9-21/h2-3,6-9,12-13,20,22H,4-5,10-11,14-19H2,1H3. The largest absolute Gasteiger partial charge is 0.384 e. The summed E-state index contributed by atoms with van der Waals surface area (Å²) in [6.07, 6.45) is 8.58. The van der Waals surface area contributed by atoms with Gasteiger partial charge < -0.3 is 9.64 Å². The molecule has 1 unspecified atom stereocenters. The average molecular weight is 432 g/mol. The fraction of sp³-hybridized carbons (Fsp3) is 0.500. The van der Waals surface area contributed by atoms with Gasteiger partial charge in [0.1, 0.15) is 11.6 Å². The van der Waals surface area contributed by atoms with E-state index in [0.717, 1.165) is 61.9 Å². The summed E-state index contributed by atoms with van der Waals surface area (Å²) in [7, 11) is 1.80. The van der Waals surface area contributed by atoms with E-state index in [2.05, 4.69) is 51.2 Å². The SMILES string of the molecule is COCC1CCCN(c2nc(CN3CCC(c4ccncc4)CC3)nc3ccccc23)C1. The smallest absolute Gasteiger partial charge is 0.145 e. The number of piperidine rings is 2. The Hall–Kier alpha value is -2.57. The van der Waals surface area contributed by atoms with E-state index in [1.165, 1.54) is 31.2 Å². The maximum atomic E-state index is 5.45. The van der Waals surface area contributed by atoms with Gasteiger partial charge in [0.25, 0.3) is 0 Å². The van der Waals surface area contributed by atoms with Gasteiger partial charge in [0.2, 0.25) is 0 Å². The first-order valence-electron chi connectivity index (χ1n) is 11.9. The Kier molecular flexibility index (Phi) is 6.60. The van der Waals surface area contributed by atoms with Crippen LogP contribution in [0.4, 0.5) is 5.82 Å². The summed E-state index contributed by atoms with van der Waals surface area (Å²) in [5, 5.41) is 1.16. The lowest BCUT2D eigenvalue weighted by molar-refractivity contribution is 0.143. The van der Waals surface area contributed by atoms with Gasteiger partial charge in [-0.05, 0) is 80.4 Å². The Morgan fingerprint density at radius 2 is 1.78 bits per heavy atom. The van der Waals surface area contributed by atoms with E-state index < -0.39 is 0 Å². The van der Waals surface area contributed by atoms with Gasteiger partial charge in [0.05, 0.1) is 18.7 Å². The highest BCUT2D eigenvalue weighted by molar-refractivity contribution is 5.89. The van der Waals surface area contributed by atoms with Crippen molar-refractivity contribution in [2.75, 3.05) is 44.8 Å². The number of hydrogen-bond acceptors (Lipinski definition) is 6. The number of pyridine rings is 1. The summed E-state index contributed by atoms with van der Waals surface area (Å²) in [6, 6.07) is 12.8. The molecule has 2 fully saturated rings. The van der Waals surface area contributed by atoms with Gasteiger partial charge in [0, 0.05) is 38.0 Å². The first-order valence-corrected chi connectivity index (χ1v) is 11.9. The second-order valence-corrected chi connectivity index (χ2v) is 9.22. The number of aromatic nitrogens is 3. The molecule has 0 N–H and O–H groups in total. The molecule has 0 radical (unpaired) electrons. The number of methoxy groups -OCH3 is 1. The van der Waals surface area contributed by atoms with E-state index in [0.29, 0.717) is 11.8 Å². The number of fused-ring (bicyclic) bond motifs is 1. The number of benzene rings is 1. The first-order chi connectivity index (χ1) is 15.8. The van der Waals surface area contributed by atoms with E-state index in [1.54, 1.807) is 7.11 Å². The van der Waals surface area contributed by atoms with Gasteiger partial charge >= 0.3 is 0 Å². The summed E-state index contributed by atoms with van der Waals surface area (Å²) < 4.78 is 5.45. The van der Waals surface area contributed by atoms with Crippen LogP contribution in [0.25, 0.3) is 10.9 Å². The quantitative estimate of drug-likeness (QED) is 0.581. The number of nitrogens with zero attached hydrogens (tertiary/aromatic N) is 5. The minimum absolute atomic E-state index is 0.568. The van der Waals surface area contributed by atoms with Crippen molar-refractivity contribution in [1.29, 1.82) is 0 Å².